The molecule has 1 unspecified atom stereocenters. The zero-order valence-corrected chi connectivity index (χ0v) is 15.9. The SMILES string of the molecule is CN(C)CC1=CC=CC1c1ccc2ccccc2c1-c1ccc(C[O])cc1. The van der Waals surface area contributed by atoms with Crippen molar-refractivity contribution in [2.75, 3.05) is 20.6 Å². The Hall–Kier alpha value is -2.68. The molecule has 0 amide bonds. The summed E-state index contributed by atoms with van der Waals surface area (Å²) >= 11 is 0. The number of hydrogen-bond acceptors (Lipinski definition) is 1. The van der Waals surface area contributed by atoms with Crippen LogP contribution in [0.15, 0.2) is 84.5 Å². The molecule has 3 aromatic carbocycles. The predicted octanol–water partition coefficient (Wildman–Crippen LogP) is 5.58. The van der Waals surface area contributed by atoms with E-state index in [9.17, 15) is 5.11 Å². The van der Waals surface area contributed by atoms with Crippen molar-refractivity contribution in [3.05, 3.63) is 95.6 Å². The maximum Gasteiger partial charge on any atom is 0.107 e. The standard InChI is InChI=1S/C25H24NO/c1-26(2)16-21-7-5-9-22(21)24-15-14-19-6-3-4-8-23(19)25(24)20-12-10-18(17-27)11-13-20/h3-15,22H,16-17H2,1-2H3. The van der Waals surface area contributed by atoms with Gasteiger partial charge in [-0.15, -0.1) is 0 Å². The monoisotopic (exact) mass is 354 g/mol. The summed E-state index contributed by atoms with van der Waals surface area (Å²) in [5, 5.41) is 13.7. The number of benzene rings is 3. The molecule has 0 saturated heterocycles. The first kappa shape index (κ1) is 17.7. The van der Waals surface area contributed by atoms with E-state index in [-0.39, 0.29) is 12.5 Å². The van der Waals surface area contributed by atoms with Crippen LogP contribution in [0.4, 0.5) is 0 Å². The van der Waals surface area contributed by atoms with E-state index in [0.717, 1.165) is 12.1 Å². The zero-order chi connectivity index (χ0) is 18.8. The second-order valence-electron chi connectivity index (χ2n) is 7.43. The van der Waals surface area contributed by atoms with Gasteiger partial charge >= 0.3 is 0 Å². The molecular formula is C25H24NO. The Kier molecular flexibility index (Phi) is 4.93. The second kappa shape index (κ2) is 7.51. The highest BCUT2D eigenvalue weighted by Gasteiger charge is 2.22. The van der Waals surface area contributed by atoms with E-state index in [1.807, 2.05) is 12.1 Å². The van der Waals surface area contributed by atoms with Crippen molar-refractivity contribution in [1.82, 2.24) is 4.90 Å². The maximum atomic E-state index is 11.2. The summed E-state index contributed by atoms with van der Waals surface area (Å²) in [5.74, 6) is 0.284. The fraction of sp³-hybridized carbons (Fsp3) is 0.200. The summed E-state index contributed by atoms with van der Waals surface area (Å²) in [6.07, 6.45) is 6.70. The highest BCUT2D eigenvalue weighted by atomic mass is 16.3. The first-order valence-electron chi connectivity index (χ1n) is 9.38. The molecule has 0 aromatic heterocycles. The number of allylic oxidation sites excluding steroid dienone is 3. The highest BCUT2D eigenvalue weighted by Crippen LogP contribution is 2.41. The van der Waals surface area contributed by atoms with Gasteiger partial charge in [0.15, 0.2) is 0 Å². The van der Waals surface area contributed by atoms with Crippen LogP contribution in [0.2, 0.25) is 0 Å². The topological polar surface area (TPSA) is 23.1 Å². The molecule has 135 valence electrons. The van der Waals surface area contributed by atoms with Gasteiger partial charge in [-0.1, -0.05) is 78.9 Å². The Bertz CT molecular complexity index is 1010. The molecule has 0 spiro atoms. The lowest BCUT2D eigenvalue weighted by molar-refractivity contribution is 0.177. The third-order valence-corrected chi connectivity index (χ3v) is 5.22. The highest BCUT2D eigenvalue weighted by molar-refractivity contribution is 5.99. The molecule has 1 atom stereocenters. The molecule has 27 heavy (non-hydrogen) atoms. The molecule has 0 fully saturated rings. The van der Waals surface area contributed by atoms with Crippen molar-refractivity contribution in [2.45, 2.75) is 12.5 Å². The lowest BCUT2D eigenvalue weighted by atomic mass is 9.84. The molecule has 4 rings (SSSR count). The van der Waals surface area contributed by atoms with E-state index in [0.29, 0.717) is 0 Å². The molecular weight excluding hydrogens is 330 g/mol. The third-order valence-electron chi connectivity index (χ3n) is 5.22. The molecule has 2 nitrogen and oxygen atoms in total. The van der Waals surface area contributed by atoms with Crippen molar-refractivity contribution in [1.29, 1.82) is 0 Å². The van der Waals surface area contributed by atoms with E-state index in [1.165, 1.54) is 33.0 Å². The van der Waals surface area contributed by atoms with Gasteiger partial charge < -0.3 is 4.90 Å². The lowest BCUT2D eigenvalue weighted by Crippen LogP contribution is -2.17. The summed E-state index contributed by atoms with van der Waals surface area (Å²) in [7, 11) is 4.22. The van der Waals surface area contributed by atoms with Gasteiger partial charge in [0, 0.05) is 12.5 Å². The number of hydrogen-bond donors (Lipinski definition) is 0. The van der Waals surface area contributed by atoms with E-state index < -0.39 is 0 Å². The quantitative estimate of drug-likeness (QED) is 0.587. The summed E-state index contributed by atoms with van der Waals surface area (Å²) in [6, 6.07) is 21.1. The van der Waals surface area contributed by atoms with Crippen LogP contribution in [0.25, 0.3) is 21.9 Å². The van der Waals surface area contributed by atoms with Gasteiger partial charge in [0.1, 0.15) is 6.61 Å². The van der Waals surface area contributed by atoms with E-state index in [1.54, 1.807) is 0 Å². The van der Waals surface area contributed by atoms with Crippen LogP contribution in [0, 0.1) is 0 Å². The van der Waals surface area contributed by atoms with Crippen molar-refractivity contribution in [3.8, 4) is 11.1 Å². The van der Waals surface area contributed by atoms with Gasteiger partial charge in [-0.3, -0.25) is 0 Å². The van der Waals surface area contributed by atoms with Crippen LogP contribution in [-0.4, -0.2) is 25.5 Å². The first-order valence-corrected chi connectivity index (χ1v) is 9.38. The Morgan fingerprint density at radius 2 is 1.70 bits per heavy atom. The van der Waals surface area contributed by atoms with Gasteiger partial charge in [-0.2, -0.15) is 0 Å². The van der Waals surface area contributed by atoms with E-state index in [4.69, 9.17) is 0 Å². The Morgan fingerprint density at radius 1 is 0.926 bits per heavy atom. The lowest BCUT2D eigenvalue weighted by Gasteiger charge is -2.22. The smallest absolute Gasteiger partial charge is 0.107 e. The average Bonchev–Trinajstić information content (AvgIpc) is 3.14. The zero-order valence-electron chi connectivity index (χ0n) is 15.9. The summed E-state index contributed by atoms with van der Waals surface area (Å²) in [6.45, 7) is 0.767. The molecule has 0 bridgehead atoms. The van der Waals surface area contributed by atoms with Crippen LogP contribution < -0.4 is 0 Å². The normalized spacial score (nSPS) is 16.3. The largest absolute Gasteiger partial charge is 0.305 e. The molecule has 1 radical (unpaired) electrons. The van der Waals surface area contributed by atoms with Gasteiger partial charge in [0.25, 0.3) is 0 Å². The molecule has 1 aliphatic carbocycles. The van der Waals surface area contributed by atoms with Crippen LogP contribution >= 0.6 is 0 Å². The number of fused-ring (bicyclic) bond motifs is 1. The Balaban J connectivity index is 1.90. The van der Waals surface area contributed by atoms with Gasteiger partial charge in [-0.25, -0.2) is 5.11 Å². The van der Waals surface area contributed by atoms with Gasteiger partial charge in [0.2, 0.25) is 0 Å². The molecule has 2 heteroatoms. The minimum atomic E-state index is -0.177. The minimum Gasteiger partial charge on any atom is -0.305 e. The maximum absolute atomic E-state index is 11.2. The van der Waals surface area contributed by atoms with Crippen molar-refractivity contribution < 1.29 is 5.11 Å². The molecule has 1 aliphatic rings. The van der Waals surface area contributed by atoms with E-state index >= 15 is 0 Å². The van der Waals surface area contributed by atoms with Crippen molar-refractivity contribution in [2.24, 2.45) is 0 Å². The number of nitrogens with zero attached hydrogens (tertiary/aromatic N) is 1. The van der Waals surface area contributed by atoms with Gasteiger partial charge in [0.05, 0.1) is 0 Å². The van der Waals surface area contributed by atoms with Crippen LogP contribution in [0.3, 0.4) is 0 Å². The summed E-state index contributed by atoms with van der Waals surface area (Å²) in [5.41, 5.74) is 6.00. The second-order valence-corrected chi connectivity index (χ2v) is 7.43. The van der Waals surface area contributed by atoms with Crippen LogP contribution in [0.5, 0.6) is 0 Å². The van der Waals surface area contributed by atoms with Crippen LogP contribution in [0.1, 0.15) is 17.0 Å². The Morgan fingerprint density at radius 3 is 2.44 bits per heavy atom. The Labute approximate surface area is 161 Å². The number of likely N-dealkylation sites (N-methyl/N-ethyl adjacent to an activating group) is 1. The molecule has 3 aromatic rings. The fourth-order valence-corrected chi connectivity index (χ4v) is 3.97. The average molecular weight is 354 g/mol. The summed E-state index contributed by atoms with van der Waals surface area (Å²) < 4.78 is 0. The molecule has 0 aliphatic heterocycles. The van der Waals surface area contributed by atoms with Crippen LogP contribution in [-0.2, 0) is 11.7 Å². The molecule has 0 heterocycles. The predicted molar refractivity (Wildman–Crippen MR) is 112 cm³/mol. The third kappa shape index (κ3) is 3.46. The molecule has 0 saturated carbocycles. The van der Waals surface area contributed by atoms with Crippen molar-refractivity contribution in [3.63, 3.8) is 0 Å². The molecule has 0 N–H and O–H groups in total. The van der Waals surface area contributed by atoms with Gasteiger partial charge in [-0.05, 0) is 52.7 Å². The van der Waals surface area contributed by atoms with E-state index in [2.05, 4.69) is 85.8 Å². The summed E-state index contributed by atoms with van der Waals surface area (Å²) in [4.78, 5) is 2.22. The minimum absolute atomic E-state index is 0.177. The fourth-order valence-electron chi connectivity index (χ4n) is 3.97. The first-order chi connectivity index (χ1) is 13.2. The number of rotatable bonds is 5. The van der Waals surface area contributed by atoms with Crippen molar-refractivity contribution >= 4 is 10.8 Å².